The maximum atomic E-state index is 13.2. The molecule has 0 saturated heterocycles. The minimum absolute atomic E-state index is 0.0247. The molecule has 0 atom stereocenters. The summed E-state index contributed by atoms with van der Waals surface area (Å²) in [5.74, 6) is -2.86. The number of methoxy groups -OCH3 is 1. The van der Waals surface area contributed by atoms with Gasteiger partial charge in [0.1, 0.15) is 11.6 Å². The summed E-state index contributed by atoms with van der Waals surface area (Å²) in [7, 11) is -2.89. The van der Waals surface area contributed by atoms with Gasteiger partial charge < -0.3 is 10.1 Å². The van der Waals surface area contributed by atoms with Gasteiger partial charge >= 0.3 is 12.1 Å². The SMILES string of the molecule is COc1cc(F)ccc1NS(=O)(=O)c1ccc(NC(=O)C(F)(F)F)cc1. The normalized spacial score (nSPS) is 11.7. The average Bonchev–Trinajstić information content (AvgIpc) is 2.56. The predicted octanol–water partition coefficient (Wildman–Crippen LogP) is 3.14. The van der Waals surface area contributed by atoms with Crippen molar-refractivity contribution in [2.45, 2.75) is 11.1 Å². The number of ether oxygens (including phenoxy) is 1. The Morgan fingerprint density at radius 1 is 1.08 bits per heavy atom. The van der Waals surface area contributed by atoms with Crippen LogP contribution in [0.2, 0.25) is 0 Å². The van der Waals surface area contributed by atoms with E-state index < -0.39 is 27.9 Å². The first-order chi connectivity index (χ1) is 12.0. The maximum Gasteiger partial charge on any atom is 0.471 e. The molecule has 26 heavy (non-hydrogen) atoms. The lowest BCUT2D eigenvalue weighted by Gasteiger charge is -2.12. The number of sulfonamides is 1. The molecule has 0 radical (unpaired) electrons. The fourth-order valence-electron chi connectivity index (χ4n) is 1.87. The Kier molecular flexibility index (Phi) is 5.40. The number of hydrogen-bond donors (Lipinski definition) is 2. The number of alkyl halides is 3. The van der Waals surface area contributed by atoms with Crippen LogP contribution in [0, 0.1) is 5.82 Å². The van der Waals surface area contributed by atoms with E-state index in [1.807, 2.05) is 0 Å². The molecule has 0 spiro atoms. The van der Waals surface area contributed by atoms with E-state index in [9.17, 15) is 30.8 Å². The third-order valence-corrected chi connectivity index (χ3v) is 4.47. The summed E-state index contributed by atoms with van der Waals surface area (Å²) in [4.78, 5) is 10.6. The first-order valence-corrected chi connectivity index (χ1v) is 8.36. The first kappa shape index (κ1) is 19.5. The van der Waals surface area contributed by atoms with Gasteiger partial charge in [-0.1, -0.05) is 0 Å². The van der Waals surface area contributed by atoms with E-state index >= 15 is 0 Å². The molecular weight excluding hydrogens is 380 g/mol. The Bertz CT molecular complexity index is 912. The smallest absolute Gasteiger partial charge is 0.471 e. The van der Waals surface area contributed by atoms with E-state index in [1.54, 1.807) is 5.32 Å². The molecule has 2 aromatic rings. The highest BCUT2D eigenvalue weighted by molar-refractivity contribution is 7.92. The molecule has 140 valence electrons. The number of carbonyl (C=O) groups excluding carboxylic acids is 1. The quantitative estimate of drug-likeness (QED) is 0.766. The summed E-state index contributed by atoms with van der Waals surface area (Å²) in [6.45, 7) is 0. The molecule has 6 nitrogen and oxygen atoms in total. The van der Waals surface area contributed by atoms with Crippen molar-refractivity contribution in [3.8, 4) is 5.75 Å². The van der Waals surface area contributed by atoms with E-state index in [1.165, 1.54) is 7.11 Å². The summed E-state index contributed by atoms with van der Waals surface area (Å²) in [6.07, 6.45) is -5.06. The predicted molar refractivity (Wildman–Crippen MR) is 84.9 cm³/mol. The number of nitrogens with one attached hydrogen (secondary N) is 2. The molecule has 0 aliphatic rings. The van der Waals surface area contributed by atoms with Gasteiger partial charge in [-0.25, -0.2) is 12.8 Å². The molecule has 0 unspecified atom stereocenters. The van der Waals surface area contributed by atoms with Crippen molar-refractivity contribution >= 4 is 27.3 Å². The van der Waals surface area contributed by atoms with Crippen LogP contribution >= 0.6 is 0 Å². The lowest BCUT2D eigenvalue weighted by Crippen LogP contribution is -2.29. The van der Waals surface area contributed by atoms with Crippen LogP contribution in [0.3, 0.4) is 0 Å². The standard InChI is InChI=1S/C15H12F4N2O4S/c1-25-13-8-9(16)2-7-12(13)21-26(23,24)11-5-3-10(4-6-11)20-14(22)15(17,18)19/h2-8,21H,1H3,(H,20,22). The molecule has 11 heteroatoms. The van der Waals surface area contributed by atoms with Gasteiger partial charge in [-0.05, 0) is 36.4 Å². The number of halogens is 4. The highest BCUT2D eigenvalue weighted by atomic mass is 32.2. The summed E-state index contributed by atoms with van der Waals surface area (Å²) >= 11 is 0. The highest BCUT2D eigenvalue weighted by Crippen LogP contribution is 2.28. The van der Waals surface area contributed by atoms with Gasteiger partial charge in [-0.2, -0.15) is 13.2 Å². The third-order valence-electron chi connectivity index (χ3n) is 3.09. The lowest BCUT2D eigenvalue weighted by molar-refractivity contribution is -0.167. The van der Waals surface area contributed by atoms with E-state index in [0.717, 1.165) is 42.5 Å². The minimum atomic E-state index is -5.06. The number of rotatable bonds is 5. The fourth-order valence-corrected chi connectivity index (χ4v) is 2.94. The molecule has 0 fully saturated rings. The first-order valence-electron chi connectivity index (χ1n) is 6.87. The molecule has 0 heterocycles. The van der Waals surface area contributed by atoms with Crippen LogP contribution in [-0.4, -0.2) is 27.6 Å². The van der Waals surface area contributed by atoms with Gasteiger partial charge in [-0.3, -0.25) is 9.52 Å². The van der Waals surface area contributed by atoms with Gasteiger partial charge in [0.2, 0.25) is 0 Å². The van der Waals surface area contributed by atoms with E-state index in [4.69, 9.17) is 4.74 Å². The Balaban J connectivity index is 2.21. The highest BCUT2D eigenvalue weighted by Gasteiger charge is 2.38. The van der Waals surface area contributed by atoms with Crippen LogP contribution in [0.15, 0.2) is 47.4 Å². The molecule has 0 aromatic heterocycles. The Hall–Kier alpha value is -2.82. The lowest BCUT2D eigenvalue weighted by atomic mass is 10.3. The average molecular weight is 392 g/mol. The van der Waals surface area contributed by atoms with Crippen molar-refractivity contribution in [1.29, 1.82) is 0 Å². The van der Waals surface area contributed by atoms with Crippen molar-refractivity contribution in [3.63, 3.8) is 0 Å². The van der Waals surface area contributed by atoms with E-state index in [-0.39, 0.29) is 22.0 Å². The van der Waals surface area contributed by atoms with Gasteiger partial charge in [-0.15, -0.1) is 0 Å². The van der Waals surface area contributed by atoms with Crippen molar-refractivity contribution < 1.29 is 35.5 Å². The second-order valence-electron chi connectivity index (χ2n) is 4.93. The van der Waals surface area contributed by atoms with Gasteiger partial charge in [0.25, 0.3) is 10.0 Å². The zero-order valence-electron chi connectivity index (χ0n) is 13.1. The molecule has 2 N–H and O–H groups in total. The Labute approximate surface area is 145 Å². The van der Waals surface area contributed by atoms with Crippen molar-refractivity contribution in [2.24, 2.45) is 0 Å². The van der Waals surface area contributed by atoms with Crippen LogP contribution in [-0.2, 0) is 14.8 Å². The second kappa shape index (κ2) is 7.20. The van der Waals surface area contributed by atoms with Crippen molar-refractivity contribution in [2.75, 3.05) is 17.1 Å². The topological polar surface area (TPSA) is 84.5 Å². The summed E-state index contributed by atoms with van der Waals surface area (Å²) in [5, 5.41) is 1.59. The molecule has 0 bridgehead atoms. The van der Waals surface area contributed by atoms with Gasteiger partial charge in [0.05, 0.1) is 17.7 Å². The van der Waals surface area contributed by atoms with Gasteiger partial charge in [0.15, 0.2) is 0 Å². The molecule has 0 aliphatic heterocycles. The van der Waals surface area contributed by atoms with Crippen LogP contribution in [0.25, 0.3) is 0 Å². The van der Waals surface area contributed by atoms with Crippen molar-refractivity contribution in [3.05, 3.63) is 48.3 Å². The summed E-state index contributed by atoms with van der Waals surface area (Å²) in [5.41, 5.74) is -0.256. The molecule has 1 amide bonds. The third kappa shape index (κ3) is 4.63. The largest absolute Gasteiger partial charge is 0.494 e. The number of hydrogen-bond acceptors (Lipinski definition) is 4. The number of benzene rings is 2. The monoisotopic (exact) mass is 392 g/mol. The van der Waals surface area contributed by atoms with Crippen LogP contribution < -0.4 is 14.8 Å². The van der Waals surface area contributed by atoms with Crippen LogP contribution in [0.1, 0.15) is 0 Å². The van der Waals surface area contributed by atoms with Gasteiger partial charge in [0, 0.05) is 11.8 Å². The van der Waals surface area contributed by atoms with Crippen LogP contribution in [0.5, 0.6) is 5.75 Å². The Morgan fingerprint density at radius 3 is 2.23 bits per heavy atom. The second-order valence-corrected chi connectivity index (χ2v) is 6.61. The number of carbonyl (C=O) groups is 1. The number of anilines is 2. The molecule has 2 rings (SSSR count). The summed E-state index contributed by atoms with van der Waals surface area (Å²) in [6, 6.07) is 7.17. The molecule has 0 aliphatic carbocycles. The van der Waals surface area contributed by atoms with E-state index in [2.05, 4.69) is 4.72 Å². The van der Waals surface area contributed by atoms with Crippen molar-refractivity contribution in [1.82, 2.24) is 0 Å². The summed E-state index contributed by atoms with van der Waals surface area (Å²) < 4.78 is 81.4. The Morgan fingerprint density at radius 2 is 1.69 bits per heavy atom. The zero-order valence-corrected chi connectivity index (χ0v) is 13.9. The minimum Gasteiger partial charge on any atom is -0.494 e. The number of amides is 1. The molecule has 2 aromatic carbocycles. The zero-order chi connectivity index (χ0) is 19.5. The van der Waals surface area contributed by atoms with E-state index in [0.29, 0.717) is 0 Å². The molecular formula is C15H12F4N2O4S. The maximum absolute atomic E-state index is 13.2. The fraction of sp³-hybridized carbons (Fsp3) is 0.133. The molecule has 0 saturated carbocycles. The van der Waals surface area contributed by atoms with Crippen LogP contribution in [0.4, 0.5) is 28.9 Å².